The van der Waals surface area contributed by atoms with E-state index in [-0.39, 0.29) is 19.6 Å². The lowest BCUT2D eigenvalue weighted by Crippen LogP contribution is -1.94. The highest BCUT2D eigenvalue weighted by molar-refractivity contribution is 5.66. The van der Waals surface area contributed by atoms with E-state index in [1.165, 1.54) is 0 Å². The van der Waals surface area contributed by atoms with E-state index in [1.54, 1.807) is 0 Å². The lowest BCUT2D eigenvalue weighted by atomic mass is 10.2. The Balaban J connectivity index is 0. The number of carboxylic acid groups (broad SMARTS) is 1. The van der Waals surface area contributed by atoms with Crippen molar-refractivity contribution in [3.05, 3.63) is 0 Å². The second-order valence-electron chi connectivity index (χ2n) is 3.67. The van der Waals surface area contributed by atoms with Gasteiger partial charge >= 0.3 is 5.97 Å². The molecule has 0 aliphatic carbocycles. The molecule has 3 N–H and O–H groups in total. The third kappa shape index (κ3) is 25.4. The van der Waals surface area contributed by atoms with Crippen LogP contribution in [-0.2, 0) is 9.59 Å². The van der Waals surface area contributed by atoms with E-state index in [1.807, 2.05) is 0 Å². The largest absolute Gasteiger partial charge is 0.481 e. The normalized spacial score (nSPS) is 9.29. The zero-order chi connectivity index (χ0) is 13.4. The molecule has 102 valence electrons. The van der Waals surface area contributed by atoms with E-state index in [0.29, 0.717) is 19.3 Å². The topological polar surface area (TPSA) is 94.8 Å². The number of hydrogen-bond donors (Lipinski definition) is 3. The molecule has 0 radical (unpaired) electrons. The Hall–Kier alpha value is -0.940. The van der Waals surface area contributed by atoms with Gasteiger partial charge in [0.2, 0.25) is 0 Å². The molecule has 0 bridgehead atoms. The molecule has 0 amide bonds. The minimum atomic E-state index is -0.757. The minimum absolute atomic E-state index is 0.166. The van der Waals surface area contributed by atoms with Crippen LogP contribution in [0.3, 0.4) is 0 Å². The lowest BCUT2D eigenvalue weighted by molar-refractivity contribution is -0.137. The molecular formula is C12H24O5. The summed E-state index contributed by atoms with van der Waals surface area (Å²) < 4.78 is 0. The van der Waals surface area contributed by atoms with E-state index in [2.05, 4.69) is 0 Å². The summed E-state index contributed by atoms with van der Waals surface area (Å²) in [6, 6.07) is 0. The number of unbranched alkanes of at least 4 members (excludes halogenated alkanes) is 5. The molecule has 5 heteroatoms. The van der Waals surface area contributed by atoms with Crippen molar-refractivity contribution in [1.29, 1.82) is 0 Å². The molecule has 0 aliphatic heterocycles. The van der Waals surface area contributed by atoms with Crippen LogP contribution in [-0.4, -0.2) is 40.8 Å². The van der Waals surface area contributed by atoms with Gasteiger partial charge in [0, 0.05) is 26.1 Å². The molecular weight excluding hydrogens is 224 g/mol. The van der Waals surface area contributed by atoms with Crippen molar-refractivity contribution in [1.82, 2.24) is 0 Å². The van der Waals surface area contributed by atoms with Crippen molar-refractivity contribution < 1.29 is 24.9 Å². The minimum Gasteiger partial charge on any atom is -0.481 e. The summed E-state index contributed by atoms with van der Waals surface area (Å²) in [6.07, 6.45) is 6.69. The molecule has 0 fully saturated rings. The molecule has 0 aliphatic rings. The first-order valence-corrected chi connectivity index (χ1v) is 6.06. The van der Waals surface area contributed by atoms with Crippen molar-refractivity contribution in [2.75, 3.05) is 13.2 Å². The van der Waals surface area contributed by atoms with Crippen LogP contribution in [0.4, 0.5) is 0 Å². The van der Waals surface area contributed by atoms with Gasteiger partial charge in [0.25, 0.3) is 0 Å². The van der Waals surface area contributed by atoms with E-state index in [9.17, 15) is 9.59 Å². The van der Waals surface area contributed by atoms with Crippen molar-refractivity contribution in [2.24, 2.45) is 0 Å². The number of carbonyl (C=O) groups excluding carboxylic acids is 1. The van der Waals surface area contributed by atoms with Gasteiger partial charge in [-0.1, -0.05) is 12.8 Å². The maximum Gasteiger partial charge on any atom is 0.303 e. The highest BCUT2D eigenvalue weighted by Crippen LogP contribution is 1.97. The summed E-state index contributed by atoms with van der Waals surface area (Å²) in [4.78, 5) is 19.6. The smallest absolute Gasteiger partial charge is 0.303 e. The predicted molar refractivity (Wildman–Crippen MR) is 64.8 cm³/mol. The Kier molecular flexibility index (Phi) is 18.9. The van der Waals surface area contributed by atoms with Gasteiger partial charge in [0.15, 0.2) is 0 Å². The Morgan fingerprint density at radius 2 is 1.41 bits per heavy atom. The van der Waals surface area contributed by atoms with Gasteiger partial charge in [-0.2, -0.15) is 0 Å². The van der Waals surface area contributed by atoms with Crippen molar-refractivity contribution in [2.45, 2.75) is 51.4 Å². The number of aldehydes is 1. The molecule has 0 saturated heterocycles. The van der Waals surface area contributed by atoms with Gasteiger partial charge in [-0.3, -0.25) is 4.79 Å². The number of aliphatic hydroxyl groups excluding tert-OH is 2. The summed E-state index contributed by atoms with van der Waals surface area (Å²) in [5, 5.41) is 24.7. The maximum absolute atomic E-state index is 9.90. The molecule has 17 heavy (non-hydrogen) atoms. The van der Waals surface area contributed by atoms with E-state index < -0.39 is 5.97 Å². The van der Waals surface area contributed by atoms with E-state index in [0.717, 1.165) is 32.0 Å². The van der Waals surface area contributed by atoms with Crippen LogP contribution in [0.5, 0.6) is 0 Å². The van der Waals surface area contributed by atoms with Gasteiger partial charge in [-0.05, 0) is 25.7 Å². The summed E-state index contributed by atoms with van der Waals surface area (Å²) in [6.45, 7) is 0.415. The van der Waals surface area contributed by atoms with Crippen LogP contribution in [0, 0.1) is 0 Å². The zero-order valence-corrected chi connectivity index (χ0v) is 10.3. The Morgan fingerprint density at radius 1 is 0.882 bits per heavy atom. The van der Waals surface area contributed by atoms with Crippen LogP contribution in [0.2, 0.25) is 0 Å². The van der Waals surface area contributed by atoms with Gasteiger partial charge in [-0.15, -0.1) is 0 Å². The van der Waals surface area contributed by atoms with E-state index >= 15 is 0 Å². The molecule has 5 nitrogen and oxygen atoms in total. The van der Waals surface area contributed by atoms with Gasteiger partial charge in [-0.25, -0.2) is 0 Å². The number of carbonyl (C=O) groups is 2. The molecule has 0 aromatic rings. The third-order valence-corrected chi connectivity index (χ3v) is 2.03. The molecule has 0 aromatic carbocycles. The SMILES string of the molecule is O=C(O)CCCCCO.O=CCCCCCO. The molecule has 0 spiro atoms. The molecule has 0 heterocycles. The van der Waals surface area contributed by atoms with Crippen LogP contribution < -0.4 is 0 Å². The van der Waals surface area contributed by atoms with Crippen LogP contribution in [0.25, 0.3) is 0 Å². The average Bonchev–Trinajstić information content (AvgIpc) is 2.31. The van der Waals surface area contributed by atoms with Crippen LogP contribution in [0.15, 0.2) is 0 Å². The van der Waals surface area contributed by atoms with Crippen LogP contribution >= 0.6 is 0 Å². The number of hydrogen-bond acceptors (Lipinski definition) is 4. The molecule has 0 unspecified atom stereocenters. The van der Waals surface area contributed by atoms with Crippen molar-refractivity contribution in [3.63, 3.8) is 0 Å². The van der Waals surface area contributed by atoms with Gasteiger partial charge < -0.3 is 20.1 Å². The van der Waals surface area contributed by atoms with Gasteiger partial charge in [0.1, 0.15) is 6.29 Å². The lowest BCUT2D eigenvalue weighted by Gasteiger charge is -1.92. The first kappa shape index (κ1) is 18.4. The maximum atomic E-state index is 9.90. The summed E-state index contributed by atoms with van der Waals surface area (Å²) in [5.41, 5.74) is 0. The van der Waals surface area contributed by atoms with E-state index in [4.69, 9.17) is 15.3 Å². The molecule has 0 atom stereocenters. The Morgan fingerprint density at radius 3 is 1.82 bits per heavy atom. The second-order valence-corrected chi connectivity index (χ2v) is 3.67. The molecule has 0 aromatic heterocycles. The predicted octanol–water partition coefficient (Wildman–Crippen LogP) is 1.36. The summed E-state index contributed by atoms with van der Waals surface area (Å²) >= 11 is 0. The van der Waals surface area contributed by atoms with Crippen LogP contribution in [0.1, 0.15) is 51.4 Å². The monoisotopic (exact) mass is 248 g/mol. The first-order chi connectivity index (χ1) is 8.18. The number of rotatable bonds is 10. The Bertz CT molecular complexity index is 170. The fourth-order valence-electron chi connectivity index (χ4n) is 1.08. The second kappa shape index (κ2) is 17.5. The fourth-order valence-corrected chi connectivity index (χ4v) is 1.08. The highest BCUT2D eigenvalue weighted by atomic mass is 16.4. The number of aliphatic hydroxyl groups is 2. The fraction of sp³-hybridized carbons (Fsp3) is 0.833. The Labute approximate surface area is 102 Å². The number of carboxylic acids is 1. The summed E-state index contributed by atoms with van der Waals surface area (Å²) in [5.74, 6) is -0.757. The average molecular weight is 248 g/mol. The summed E-state index contributed by atoms with van der Waals surface area (Å²) in [7, 11) is 0. The zero-order valence-electron chi connectivity index (χ0n) is 10.3. The quantitative estimate of drug-likeness (QED) is 0.401. The molecule has 0 rings (SSSR count). The highest BCUT2D eigenvalue weighted by Gasteiger charge is 1.94. The first-order valence-electron chi connectivity index (χ1n) is 6.06. The van der Waals surface area contributed by atoms with Crippen molar-refractivity contribution >= 4 is 12.3 Å². The number of aliphatic carboxylic acids is 1. The van der Waals surface area contributed by atoms with Crippen molar-refractivity contribution in [3.8, 4) is 0 Å². The van der Waals surface area contributed by atoms with Gasteiger partial charge in [0.05, 0.1) is 0 Å². The third-order valence-electron chi connectivity index (χ3n) is 2.03. The molecule has 0 saturated carbocycles. The standard InChI is InChI=1S/C6H12O3.C6H12O2/c7-5-3-1-2-4-6(8)9;7-5-3-1-2-4-6-8/h7H,1-5H2,(H,8,9);5,8H,1-4,6H2.